The number of aryl methyl sites for hydroxylation is 2. The first-order valence-corrected chi connectivity index (χ1v) is 6.47. The van der Waals surface area contributed by atoms with Gasteiger partial charge in [-0.2, -0.15) is 0 Å². The Morgan fingerprint density at radius 3 is 2.53 bits per heavy atom. The number of hydrogen-bond acceptors (Lipinski definition) is 3. The average Bonchev–Trinajstić information content (AvgIpc) is 2.25. The van der Waals surface area contributed by atoms with E-state index in [0.29, 0.717) is 17.9 Å². The molecule has 0 bridgehead atoms. The van der Waals surface area contributed by atoms with E-state index in [1.807, 2.05) is 13.8 Å². The predicted octanol–water partition coefficient (Wildman–Crippen LogP) is 1.13. The third kappa shape index (κ3) is 4.21. The summed E-state index contributed by atoms with van der Waals surface area (Å²) in [5.74, 6) is -0.0756. The van der Waals surface area contributed by atoms with Gasteiger partial charge in [-0.15, -0.1) is 0 Å². The zero-order valence-electron chi connectivity index (χ0n) is 11.9. The highest BCUT2D eigenvalue weighted by molar-refractivity contribution is 5.95. The monoisotopic (exact) mass is 266 g/mol. The van der Waals surface area contributed by atoms with Crippen molar-refractivity contribution in [2.75, 3.05) is 6.61 Å². The number of aromatic nitrogens is 1. The second-order valence-corrected chi connectivity index (χ2v) is 5.32. The van der Waals surface area contributed by atoms with Gasteiger partial charge in [0.1, 0.15) is 5.56 Å². The van der Waals surface area contributed by atoms with Crippen LogP contribution < -0.4 is 10.9 Å². The first-order chi connectivity index (χ1) is 8.85. The number of H-pyrrole nitrogens is 1. The van der Waals surface area contributed by atoms with Crippen LogP contribution >= 0.6 is 0 Å². The number of carbonyl (C=O) groups is 1. The van der Waals surface area contributed by atoms with Crippen molar-refractivity contribution < 1.29 is 9.90 Å². The van der Waals surface area contributed by atoms with Crippen molar-refractivity contribution in [2.45, 2.75) is 40.2 Å². The van der Waals surface area contributed by atoms with Gasteiger partial charge in [0.05, 0.1) is 12.6 Å². The highest BCUT2D eigenvalue weighted by Gasteiger charge is 2.18. The highest BCUT2D eigenvalue weighted by Crippen LogP contribution is 2.07. The van der Waals surface area contributed by atoms with Crippen LogP contribution in [-0.2, 0) is 0 Å². The molecular weight excluding hydrogens is 244 g/mol. The molecule has 1 rings (SSSR count). The molecule has 0 aliphatic rings. The fourth-order valence-electron chi connectivity index (χ4n) is 2.14. The molecule has 0 saturated carbocycles. The van der Waals surface area contributed by atoms with Gasteiger partial charge in [0.15, 0.2) is 0 Å². The van der Waals surface area contributed by atoms with E-state index in [0.717, 1.165) is 5.69 Å². The van der Waals surface area contributed by atoms with Crippen LogP contribution in [0.4, 0.5) is 0 Å². The first kappa shape index (κ1) is 15.4. The van der Waals surface area contributed by atoms with E-state index < -0.39 is 11.5 Å². The summed E-state index contributed by atoms with van der Waals surface area (Å²) < 4.78 is 0. The third-order valence-electron chi connectivity index (χ3n) is 2.90. The Kier molecular flexibility index (Phi) is 5.30. The molecular formula is C14H22N2O3. The first-order valence-electron chi connectivity index (χ1n) is 6.47. The van der Waals surface area contributed by atoms with Crippen molar-refractivity contribution in [1.29, 1.82) is 0 Å². The van der Waals surface area contributed by atoms with Gasteiger partial charge in [0, 0.05) is 5.69 Å². The fourth-order valence-corrected chi connectivity index (χ4v) is 2.14. The summed E-state index contributed by atoms with van der Waals surface area (Å²) in [4.78, 5) is 26.5. The molecule has 106 valence electrons. The Morgan fingerprint density at radius 2 is 2.05 bits per heavy atom. The van der Waals surface area contributed by atoms with Gasteiger partial charge in [-0.25, -0.2) is 0 Å². The molecule has 0 fully saturated rings. The molecule has 0 aliphatic carbocycles. The lowest BCUT2D eigenvalue weighted by Crippen LogP contribution is -2.41. The molecule has 1 unspecified atom stereocenters. The van der Waals surface area contributed by atoms with E-state index in [9.17, 15) is 14.7 Å². The fraction of sp³-hybridized carbons (Fsp3) is 0.571. The van der Waals surface area contributed by atoms with Crippen molar-refractivity contribution in [3.8, 4) is 0 Å². The van der Waals surface area contributed by atoms with Crippen LogP contribution in [0.5, 0.6) is 0 Å². The topological polar surface area (TPSA) is 82.2 Å². The minimum atomic E-state index is -0.432. The number of rotatable bonds is 5. The number of pyridine rings is 1. The molecule has 1 aromatic rings. The van der Waals surface area contributed by atoms with Gasteiger partial charge in [-0.05, 0) is 37.8 Å². The highest BCUT2D eigenvalue weighted by atomic mass is 16.3. The van der Waals surface area contributed by atoms with Crippen LogP contribution in [0.25, 0.3) is 0 Å². The lowest BCUT2D eigenvalue weighted by atomic mass is 10.0. The normalized spacial score (nSPS) is 12.5. The summed E-state index contributed by atoms with van der Waals surface area (Å²) in [6.45, 7) is 7.39. The molecule has 1 amide bonds. The Balaban J connectivity index is 2.92. The molecule has 3 N–H and O–H groups in total. The zero-order chi connectivity index (χ0) is 14.6. The van der Waals surface area contributed by atoms with E-state index in [1.165, 1.54) is 0 Å². The van der Waals surface area contributed by atoms with Gasteiger partial charge in [0.25, 0.3) is 11.5 Å². The molecule has 0 aromatic carbocycles. The molecule has 0 saturated heterocycles. The summed E-state index contributed by atoms with van der Waals surface area (Å²) in [7, 11) is 0. The molecule has 5 heteroatoms. The smallest absolute Gasteiger partial charge is 0.261 e. The lowest BCUT2D eigenvalue weighted by Gasteiger charge is -2.18. The summed E-state index contributed by atoms with van der Waals surface area (Å²) in [6, 6.07) is 1.43. The number of aromatic amines is 1. The maximum Gasteiger partial charge on any atom is 0.261 e. The van der Waals surface area contributed by atoms with Crippen LogP contribution in [0.1, 0.15) is 41.9 Å². The molecule has 0 aliphatic heterocycles. The maximum atomic E-state index is 12.1. The standard InChI is InChI=1S/C14H22N2O3/c1-8(2)5-11(7-17)16-14(19)12-9(3)6-10(4)15-13(12)18/h6,8,11,17H,5,7H2,1-4H3,(H,15,18)(H,16,19). The number of hydrogen-bond donors (Lipinski definition) is 3. The Bertz CT molecular complexity index is 506. The molecule has 0 spiro atoms. The van der Waals surface area contributed by atoms with Crippen LogP contribution in [0.3, 0.4) is 0 Å². The maximum absolute atomic E-state index is 12.1. The van der Waals surface area contributed by atoms with Crippen molar-refractivity contribution in [3.63, 3.8) is 0 Å². The quantitative estimate of drug-likeness (QED) is 0.747. The molecule has 5 nitrogen and oxygen atoms in total. The van der Waals surface area contributed by atoms with Crippen molar-refractivity contribution in [1.82, 2.24) is 10.3 Å². The Hall–Kier alpha value is -1.62. The summed E-state index contributed by atoms with van der Waals surface area (Å²) in [6.07, 6.45) is 0.672. The van der Waals surface area contributed by atoms with Gasteiger partial charge in [-0.3, -0.25) is 9.59 Å². The second-order valence-electron chi connectivity index (χ2n) is 5.32. The van der Waals surface area contributed by atoms with Crippen LogP contribution in [0.2, 0.25) is 0 Å². The predicted molar refractivity (Wildman–Crippen MR) is 74.3 cm³/mol. The SMILES string of the molecule is Cc1cc(C)c(C(=O)NC(CO)CC(C)C)c(=O)[nH]1. The Morgan fingerprint density at radius 1 is 1.42 bits per heavy atom. The number of nitrogens with one attached hydrogen (secondary N) is 2. The Labute approximate surface area is 113 Å². The zero-order valence-corrected chi connectivity index (χ0v) is 11.9. The molecule has 19 heavy (non-hydrogen) atoms. The average molecular weight is 266 g/mol. The van der Waals surface area contributed by atoms with Gasteiger partial charge < -0.3 is 15.4 Å². The summed E-state index contributed by atoms with van der Waals surface area (Å²) in [5, 5.41) is 12.0. The number of amides is 1. The van der Waals surface area contributed by atoms with Gasteiger partial charge >= 0.3 is 0 Å². The number of carbonyl (C=O) groups excluding carboxylic acids is 1. The van der Waals surface area contributed by atoms with Gasteiger partial charge in [-0.1, -0.05) is 13.8 Å². The largest absolute Gasteiger partial charge is 0.394 e. The lowest BCUT2D eigenvalue weighted by molar-refractivity contribution is 0.0906. The molecule has 1 heterocycles. The molecule has 0 radical (unpaired) electrons. The van der Waals surface area contributed by atoms with E-state index in [2.05, 4.69) is 10.3 Å². The summed E-state index contributed by atoms with van der Waals surface area (Å²) >= 11 is 0. The van der Waals surface area contributed by atoms with Crippen LogP contribution in [0.15, 0.2) is 10.9 Å². The minimum Gasteiger partial charge on any atom is -0.394 e. The van der Waals surface area contributed by atoms with Crippen molar-refractivity contribution in [2.24, 2.45) is 5.92 Å². The summed E-state index contributed by atoms with van der Waals surface area (Å²) in [5.41, 5.74) is 1.09. The van der Waals surface area contributed by atoms with E-state index in [4.69, 9.17) is 0 Å². The number of aliphatic hydroxyl groups is 1. The van der Waals surface area contributed by atoms with E-state index >= 15 is 0 Å². The number of aliphatic hydroxyl groups excluding tert-OH is 1. The third-order valence-corrected chi connectivity index (χ3v) is 2.90. The van der Waals surface area contributed by atoms with Crippen LogP contribution in [0, 0.1) is 19.8 Å². The van der Waals surface area contributed by atoms with E-state index in [1.54, 1.807) is 19.9 Å². The molecule has 1 atom stereocenters. The van der Waals surface area contributed by atoms with E-state index in [-0.39, 0.29) is 18.2 Å². The second kappa shape index (κ2) is 6.52. The minimum absolute atomic E-state index is 0.118. The van der Waals surface area contributed by atoms with Crippen molar-refractivity contribution >= 4 is 5.91 Å². The van der Waals surface area contributed by atoms with Gasteiger partial charge in [0.2, 0.25) is 0 Å². The molecule has 1 aromatic heterocycles. The van der Waals surface area contributed by atoms with Crippen LogP contribution in [-0.4, -0.2) is 28.6 Å². The van der Waals surface area contributed by atoms with Crippen molar-refractivity contribution in [3.05, 3.63) is 33.2 Å².